The van der Waals surface area contributed by atoms with Gasteiger partial charge >= 0.3 is 0 Å². The summed E-state index contributed by atoms with van der Waals surface area (Å²) in [7, 11) is 3.21. The van der Waals surface area contributed by atoms with Crippen molar-refractivity contribution < 1.29 is 14.3 Å². The highest BCUT2D eigenvalue weighted by molar-refractivity contribution is 5.77. The molecular formula is C21H25NO3. The summed E-state index contributed by atoms with van der Waals surface area (Å²) >= 11 is 0. The van der Waals surface area contributed by atoms with E-state index in [1.807, 2.05) is 68.5 Å². The van der Waals surface area contributed by atoms with E-state index in [-0.39, 0.29) is 12.3 Å². The molecule has 1 unspecified atom stereocenters. The van der Waals surface area contributed by atoms with Crippen molar-refractivity contribution in [1.29, 1.82) is 0 Å². The van der Waals surface area contributed by atoms with E-state index < -0.39 is 5.41 Å². The first kappa shape index (κ1) is 18.6. The summed E-state index contributed by atoms with van der Waals surface area (Å²) in [6.07, 6.45) is 4.16. The Morgan fingerprint density at radius 1 is 1.08 bits per heavy atom. The standard InChI is InChI=1S/C21H25NO3/c1-15-10-11-17(20(25-4)19(15)24-3)21(2,14-18(22)23)13-12-16-8-6-5-7-9-16/h5-13H,14H2,1-4H3,(H2,22,23)/b13-12+. The Balaban J connectivity index is 2.57. The van der Waals surface area contributed by atoms with Crippen LogP contribution in [-0.4, -0.2) is 20.1 Å². The zero-order valence-electron chi connectivity index (χ0n) is 15.2. The molecule has 2 aromatic carbocycles. The number of carbonyl (C=O) groups excluding carboxylic acids is 1. The molecule has 4 nitrogen and oxygen atoms in total. The lowest BCUT2D eigenvalue weighted by atomic mass is 9.77. The summed E-state index contributed by atoms with van der Waals surface area (Å²) in [6, 6.07) is 13.9. The highest BCUT2D eigenvalue weighted by Crippen LogP contribution is 2.43. The SMILES string of the molecule is COc1c(C)ccc(C(C)(/C=C/c2ccccc2)CC(N)=O)c1OC. The molecule has 0 saturated carbocycles. The molecule has 0 aliphatic rings. The molecule has 2 N–H and O–H groups in total. The predicted octanol–water partition coefficient (Wildman–Crippen LogP) is 3.86. The minimum Gasteiger partial charge on any atom is -0.493 e. The zero-order valence-corrected chi connectivity index (χ0v) is 15.2. The molecule has 0 aliphatic carbocycles. The average molecular weight is 339 g/mol. The number of aryl methyl sites for hydroxylation is 1. The molecule has 0 fully saturated rings. The molecule has 0 aromatic heterocycles. The Morgan fingerprint density at radius 2 is 1.72 bits per heavy atom. The second kappa shape index (κ2) is 7.88. The number of carbonyl (C=O) groups is 1. The van der Waals surface area contributed by atoms with Crippen molar-refractivity contribution in [2.24, 2.45) is 5.73 Å². The summed E-state index contributed by atoms with van der Waals surface area (Å²) in [5.41, 5.74) is 7.80. The highest BCUT2D eigenvalue weighted by atomic mass is 16.5. The van der Waals surface area contributed by atoms with E-state index in [0.717, 1.165) is 16.7 Å². The van der Waals surface area contributed by atoms with Crippen LogP contribution in [0.4, 0.5) is 0 Å². The van der Waals surface area contributed by atoms with E-state index >= 15 is 0 Å². The number of hydrogen-bond donors (Lipinski definition) is 1. The van der Waals surface area contributed by atoms with Gasteiger partial charge in [0.05, 0.1) is 14.2 Å². The minimum absolute atomic E-state index is 0.166. The molecule has 1 amide bonds. The lowest BCUT2D eigenvalue weighted by molar-refractivity contribution is -0.118. The first-order chi connectivity index (χ1) is 11.9. The van der Waals surface area contributed by atoms with Crippen LogP contribution in [-0.2, 0) is 10.2 Å². The lowest BCUT2D eigenvalue weighted by Gasteiger charge is -2.28. The second-order valence-electron chi connectivity index (χ2n) is 6.30. The molecule has 0 radical (unpaired) electrons. The maximum atomic E-state index is 11.7. The maximum Gasteiger partial charge on any atom is 0.218 e. The number of primary amides is 1. The number of methoxy groups -OCH3 is 2. The molecule has 0 spiro atoms. The van der Waals surface area contributed by atoms with E-state index in [1.165, 1.54) is 0 Å². The second-order valence-corrected chi connectivity index (χ2v) is 6.30. The Bertz CT molecular complexity index is 768. The van der Waals surface area contributed by atoms with Crippen LogP contribution in [0.2, 0.25) is 0 Å². The molecule has 4 heteroatoms. The Morgan fingerprint density at radius 3 is 2.28 bits per heavy atom. The summed E-state index contributed by atoms with van der Waals surface area (Å²) in [5.74, 6) is 0.926. The van der Waals surface area contributed by atoms with Crippen LogP contribution < -0.4 is 15.2 Å². The number of amides is 1. The number of ether oxygens (including phenoxy) is 2. The van der Waals surface area contributed by atoms with Gasteiger partial charge in [0.15, 0.2) is 11.5 Å². The first-order valence-electron chi connectivity index (χ1n) is 8.16. The van der Waals surface area contributed by atoms with E-state index in [9.17, 15) is 4.79 Å². The molecule has 0 aliphatic heterocycles. The largest absolute Gasteiger partial charge is 0.493 e. The van der Waals surface area contributed by atoms with Gasteiger partial charge in [-0.15, -0.1) is 0 Å². The predicted molar refractivity (Wildman–Crippen MR) is 101 cm³/mol. The van der Waals surface area contributed by atoms with Crippen molar-refractivity contribution in [3.8, 4) is 11.5 Å². The van der Waals surface area contributed by atoms with E-state index in [1.54, 1.807) is 14.2 Å². The van der Waals surface area contributed by atoms with Crippen LogP contribution in [0, 0.1) is 6.92 Å². The monoisotopic (exact) mass is 339 g/mol. The summed E-state index contributed by atoms with van der Waals surface area (Å²) in [5, 5.41) is 0. The van der Waals surface area contributed by atoms with Crippen molar-refractivity contribution in [1.82, 2.24) is 0 Å². The van der Waals surface area contributed by atoms with Crippen LogP contribution in [0.15, 0.2) is 48.5 Å². The van der Waals surface area contributed by atoms with Crippen LogP contribution in [0.5, 0.6) is 11.5 Å². The van der Waals surface area contributed by atoms with Crippen molar-refractivity contribution >= 4 is 12.0 Å². The van der Waals surface area contributed by atoms with E-state index in [2.05, 4.69) is 0 Å². The number of benzene rings is 2. The Hall–Kier alpha value is -2.75. The van der Waals surface area contributed by atoms with Gasteiger partial charge in [0.1, 0.15) is 0 Å². The summed E-state index contributed by atoms with van der Waals surface area (Å²) < 4.78 is 11.1. The smallest absolute Gasteiger partial charge is 0.218 e. The summed E-state index contributed by atoms with van der Waals surface area (Å²) in [4.78, 5) is 11.7. The van der Waals surface area contributed by atoms with Gasteiger partial charge in [-0.2, -0.15) is 0 Å². The lowest BCUT2D eigenvalue weighted by Crippen LogP contribution is -2.28. The Kier molecular flexibility index (Phi) is 5.86. The van der Waals surface area contributed by atoms with Gasteiger partial charge in [-0.3, -0.25) is 4.79 Å². The number of nitrogens with two attached hydrogens (primary N) is 1. The Labute approximate surface area is 149 Å². The van der Waals surface area contributed by atoms with Crippen LogP contribution >= 0.6 is 0 Å². The van der Waals surface area contributed by atoms with Crippen molar-refractivity contribution in [3.05, 3.63) is 65.2 Å². The van der Waals surface area contributed by atoms with Crippen LogP contribution in [0.1, 0.15) is 30.0 Å². The molecule has 25 heavy (non-hydrogen) atoms. The van der Waals surface area contributed by atoms with E-state index in [4.69, 9.17) is 15.2 Å². The molecule has 0 saturated heterocycles. The first-order valence-corrected chi connectivity index (χ1v) is 8.16. The topological polar surface area (TPSA) is 61.5 Å². The molecule has 0 bridgehead atoms. The van der Waals surface area contributed by atoms with Crippen molar-refractivity contribution in [2.45, 2.75) is 25.7 Å². The third-order valence-corrected chi connectivity index (χ3v) is 4.32. The summed E-state index contributed by atoms with van der Waals surface area (Å²) in [6.45, 7) is 3.93. The molecular weight excluding hydrogens is 314 g/mol. The quantitative estimate of drug-likeness (QED) is 0.833. The van der Waals surface area contributed by atoms with E-state index in [0.29, 0.717) is 11.5 Å². The highest BCUT2D eigenvalue weighted by Gasteiger charge is 2.31. The molecule has 2 aromatic rings. The average Bonchev–Trinajstić information content (AvgIpc) is 2.59. The fourth-order valence-corrected chi connectivity index (χ4v) is 3.02. The third kappa shape index (κ3) is 4.21. The number of hydrogen-bond acceptors (Lipinski definition) is 3. The van der Waals surface area contributed by atoms with Gasteiger partial charge in [-0.25, -0.2) is 0 Å². The minimum atomic E-state index is -0.617. The van der Waals surface area contributed by atoms with Gasteiger partial charge in [-0.1, -0.05) is 61.5 Å². The van der Waals surface area contributed by atoms with Crippen molar-refractivity contribution in [3.63, 3.8) is 0 Å². The molecule has 132 valence electrons. The van der Waals surface area contributed by atoms with Gasteiger partial charge in [-0.05, 0) is 18.1 Å². The van der Waals surface area contributed by atoms with Crippen LogP contribution in [0.25, 0.3) is 6.08 Å². The normalized spacial score (nSPS) is 13.4. The number of rotatable bonds is 7. The van der Waals surface area contributed by atoms with Gasteiger partial charge in [0.25, 0.3) is 0 Å². The molecule has 2 rings (SSSR count). The van der Waals surface area contributed by atoms with Gasteiger partial charge < -0.3 is 15.2 Å². The van der Waals surface area contributed by atoms with Gasteiger partial charge in [0.2, 0.25) is 5.91 Å². The fraction of sp³-hybridized carbons (Fsp3) is 0.286. The molecule has 1 atom stereocenters. The van der Waals surface area contributed by atoms with Crippen LogP contribution in [0.3, 0.4) is 0 Å². The van der Waals surface area contributed by atoms with Crippen molar-refractivity contribution in [2.75, 3.05) is 14.2 Å². The maximum absolute atomic E-state index is 11.7. The zero-order chi connectivity index (χ0) is 18.4. The fourth-order valence-electron chi connectivity index (χ4n) is 3.02. The molecule has 0 heterocycles. The third-order valence-electron chi connectivity index (χ3n) is 4.32. The van der Waals surface area contributed by atoms with Gasteiger partial charge in [0, 0.05) is 17.4 Å². The number of allylic oxidation sites excluding steroid dienone is 1.